The van der Waals surface area contributed by atoms with E-state index < -0.39 is 0 Å². The average Bonchev–Trinajstić information content (AvgIpc) is 1.68. The predicted octanol–water partition coefficient (Wildman–Crippen LogP) is 0.207. The first kappa shape index (κ1) is 7.29. The van der Waals surface area contributed by atoms with Crippen LogP contribution in [0.4, 0.5) is 0 Å². The van der Waals surface area contributed by atoms with Crippen LogP contribution < -0.4 is 11.2 Å². The molecule has 0 aromatic heterocycles. The number of nitrogens with two attached hydrogens (primary N) is 1. The molecule has 0 saturated carbocycles. The summed E-state index contributed by atoms with van der Waals surface area (Å²) in [6, 6.07) is 0. The summed E-state index contributed by atoms with van der Waals surface area (Å²) in [5.41, 5.74) is 0. The monoisotopic (exact) mass is 132 g/mol. The van der Waals surface area contributed by atoms with Crippen LogP contribution in [0.15, 0.2) is 10.3 Å². The Bertz CT molecular complexity index is 99.5. The fraction of sp³-hybridized carbons (Fsp3) is 0.667. The number of rotatable bonds is 1. The zero-order chi connectivity index (χ0) is 6.41. The van der Waals surface area contributed by atoms with E-state index in [4.69, 9.17) is 5.84 Å². The molecule has 0 heterocycles. The van der Waals surface area contributed by atoms with Crippen LogP contribution in [0, 0.1) is 0 Å². The second kappa shape index (κ2) is 4.45. The zero-order valence-corrected chi connectivity index (χ0v) is 5.40. The molecule has 0 spiro atoms. The van der Waals surface area contributed by atoms with Gasteiger partial charge in [0, 0.05) is 6.54 Å². The fourth-order valence-electron chi connectivity index (χ4n) is 0.239. The molecule has 0 atom stereocenters. The summed E-state index contributed by atoms with van der Waals surface area (Å²) in [6.45, 7) is 2.66. The van der Waals surface area contributed by atoms with E-state index in [1.54, 1.807) is 0 Å². The largest absolute Gasteiger partial charge is 0.360 e. The SMILES string of the molecule is CCNC(=S)N=NN. The minimum Gasteiger partial charge on any atom is -0.360 e. The van der Waals surface area contributed by atoms with Gasteiger partial charge in [0.1, 0.15) is 0 Å². The molecule has 0 aliphatic carbocycles. The quantitative estimate of drug-likeness (QED) is 0.232. The third-order valence-electron chi connectivity index (χ3n) is 0.477. The Hall–Kier alpha value is -0.710. The van der Waals surface area contributed by atoms with E-state index in [1.165, 1.54) is 0 Å². The maximum Gasteiger partial charge on any atom is 0.215 e. The van der Waals surface area contributed by atoms with Crippen LogP contribution in [0.1, 0.15) is 6.92 Å². The summed E-state index contributed by atoms with van der Waals surface area (Å²) >= 11 is 4.60. The van der Waals surface area contributed by atoms with Gasteiger partial charge in [0.2, 0.25) is 5.11 Å². The van der Waals surface area contributed by atoms with Crippen molar-refractivity contribution in [2.24, 2.45) is 16.2 Å². The highest BCUT2D eigenvalue weighted by Crippen LogP contribution is 1.72. The van der Waals surface area contributed by atoms with Gasteiger partial charge in [-0.3, -0.25) is 0 Å². The Balaban J connectivity index is 3.33. The molecule has 5 heteroatoms. The maximum atomic E-state index is 4.69. The van der Waals surface area contributed by atoms with Crippen molar-refractivity contribution < 1.29 is 0 Å². The molecule has 0 fully saturated rings. The number of nitrogens with one attached hydrogen (secondary N) is 1. The van der Waals surface area contributed by atoms with Gasteiger partial charge >= 0.3 is 0 Å². The first-order chi connectivity index (χ1) is 3.81. The van der Waals surface area contributed by atoms with E-state index in [1.807, 2.05) is 6.92 Å². The van der Waals surface area contributed by atoms with Gasteiger partial charge in [-0.1, -0.05) is 5.22 Å². The highest BCUT2D eigenvalue weighted by atomic mass is 32.1. The summed E-state index contributed by atoms with van der Waals surface area (Å²) in [7, 11) is 0. The Morgan fingerprint density at radius 2 is 2.50 bits per heavy atom. The molecule has 0 radical (unpaired) electrons. The molecule has 8 heavy (non-hydrogen) atoms. The van der Waals surface area contributed by atoms with Gasteiger partial charge in [-0.2, -0.15) is 0 Å². The van der Waals surface area contributed by atoms with Gasteiger partial charge < -0.3 is 11.2 Å². The molecule has 0 aliphatic rings. The van der Waals surface area contributed by atoms with Gasteiger partial charge in [0.05, 0.1) is 0 Å². The van der Waals surface area contributed by atoms with Crippen molar-refractivity contribution in [3.05, 3.63) is 0 Å². The van der Waals surface area contributed by atoms with Crippen LogP contribution in [0.3, 0.4) is 0 Å². The minimum absolute atomic E-state index is 0.329. The van der Waals surface area contributed by atoms with Crippen molar-refractivity contribution in [2.75, 3.05) is 6.54 Å². The molecule has 0 rings (SSSR count). The van der Waals surface area contributed by atoms with E-state index in [9.17, 15) is 0 Å². The normalized spacial score (nSPS) is 9.62. The topological polar surface area (TPSA) is 62.8 Å². The highest BCUT2D eigenvalue weighted by Gasteiger charge is 1.83. The van der Waals surface area contributed by atoms with E-state index in [0.717, 1.165) is 6.54 Å². The van der Waals surface area contributed by atoms with E-state index in [2.05, 4.69) is 27.9 Å². The molecular formula is C3H8N4S. The van der Waals surface area contributed by atoms with E-state index >= 15 is 0 Å². The van der Waals surface area contributed by atoms with Gasteiger partial charge in [-0.25, -0.2) is 0 Å². The van der Waals surface area contributed by atoms with Crippen molar-refractivity contribution >= 4 is 17.3 Å². The molecule has 0 amide bonds. The Morgan fingerprint density at radius 1 is 1.88 bits per heavy atom. The molecule has 0 aromatic rings. The first-order valence-electron chi connectivity index (χ1n) is 2.20. The summed E-state index contributed by atoms with van der Waals surface area (Å²) in [4.78, 5) is 0. The standard InChI is InChI=1S/C3H8N4S/c1-2-5-3(8)6-7-4/h2H2,1H3,(H3,4,5,6,8). The van der Waals surface area contributed by atoms with Crippen LogP contribution in [-0.4, -0.2) is 11.7 Å². The third-order valence-corrected chi connectivity index (χ3v) is 0.703. The Morgan fingerprint density at radius 3 is 2.88 bits per heavy atom. The fourth-order valence-corrected chi connectivity index (χ4v) is 0.430. The van der Waals surface area contributed by atoms with Crippen LogP contribution >= 0.6 is 12.2 Å². The molecule has 3 N–H and O–H groups in total. The van der Waals surface area contributed by atoms with Crippen molar-refractivity contribution in [2.45, 2.75) is 6.92 Å². The smallest absolute Gasteiger partial charge is 0.215 e. The molecule has 0 aromatic carbocycles. The van der Waals surface area contributed by atoms with Crippen LogP contribution in [-0.2, 0) is 0 Å². The second-order valence-corrected chi connectivity index (χ2v) is 1.44. The Kier molecular flexibility index (Phi) is 4.05. The van der Waals surface area contributed by atoms with Crippen molar-refractivity contribution in [1.82, 2.24) is 5.32 Å². The number of hydrogen-bond donors (Lipinski definition) is 2. The molecule has 0 unspecified atom stereocenters. The van der Waals surface area contributed by atoms with Crippen LogP contribution in [0.25, 0.3) is 0 Å². The van der Waals surface area contributed by atoms with Crippen molar-refractivity contribution in [1.29, 1.82) is 0 Å². The molecule has 4 nitrogen and oxygen atoms in total. The minimum atomic E-state index is 0.329. The summed E-state index contributed by atoms with van der Waals surface area (Å²) < 4.78 is 0. The number of hydrogen-bond acceptors (Lipinski definition) is 2. The van der Waals surface area contributed by atoms with Gasteiger partial charge in [0.15, 0.2) is 0 Å². The average molecular weight is 132 g/mol. The van der Waals surface area contributed by atoms with E-state index in [-0.39, 0.29) is 0 Å². The lowest BCUT2D eigenvalue weighted by Crippen LogP contribution is -2.17. The summed E-state index contributed by atoms with van der Waals surface area (Å²) in [6.07, 6.45) is 0. The second-order valence-electron chi connectivity index (χ2n) is 1.05. The van der Waals surface area contributed by atoms with Crippen LogP contribution in [0.5, 0.6) is 0 Å². The maximum absolute atomic E-state index is 4.69. The first-order valence-corrected chi connectivity index (χ1v) is 2.60. The van der Waals surface area contributed by atoms with Gasteiger partial charge in [-0.05, 0) is 19.1 Å². The van der Waals surface area contributed by atoms with E-state index in [0.29, 0.717) is 5.11 Å². The van der Waals surface area contributed by atoms with Gasteiger partial charge in [-0.15, -0.1) is 5.11 Å². The molecule has 0 aliphatic heterocycles. The molecular weight excluding hydrogens is 124 g/mol. The highest BCUT2D eigenvalue weighted by molar-refractivity contribution is 7.80. The molecule has 0 bridgehead atoms. The lowest BCUT2D eigenvalue weighted by molar-refractivity contribution is 0.947. The Labute approximate surface area is 53.1 Å². The van der Waals surface area contributed by atoms with Gasteiger partial charge in [0.25, 0.3) is 0 Å². The third kappa shape index (κ3) is 3.48. The molecule has 0 saturated heterocycles. The number of thiocarbonyl (C=S) groups is 1. The zero-order valence-electron chi connectivity index (χ0n) is 4.59. The predicted molar refractivity (Wildman–Crippen MR) is 35.3 cm³/mol. The molecule has 46 valence electrons. The van der Waals surface area contributed by atoms with Crippen molar-refractivity contribution in [3.8, 4) is 0 Å². The summed E-state index contributed by atoms with van der Waals surface area (Å²) in [5, 5.41) is 9.38. The summed E-state index contributed by atoms with van der Waals surface area (Å²) in [5.74, 6) is 4.69. The lowest BCUT2D eigenvalue weighted by Gasteiger charge is -1.92. The van der Waals surface area contributed by atoms with Crippen molar-refractivity contribution in [3.63, 3.8) is 0 Å². The van der Waals surface area contributed by atoms with Crippen LogP contribution in [0.2, 0.25) is 0 Å². The number of nitrogens with zero attached hydrogens (tertiary/aromatic N) is 2. The lowest BCUT2D eigenvalue weighted by atomic mass is 10.8.